The molecule has 2 unspecified atom stereocenters. The van der Waals surface area contributed by atoms with E-state index in [1.807, 2.05) is 0 Å². The smallest absolute Gasteiger partial charge is 0.467 e. The number of aryl methyl sites for hydroxylation is 1. The zero-order valence-corrected chi connectivity index (χ0v) is 13.2. The van der Waals surface area contributed by atoms with Crippen LogP contribution in [0.4, 0.5) is 18.9 Å². The summed E-state index contributed by atoms with van der Waals surface area (Å²) in [6, 6.07) is 2.98. The summed E-state index contributed by atoms with van der Waals surface area (Å²) in [7, 11) is 1.18. The summed E-state index contributed by atoms with van der Waals surface area (Å²) in [4.78, 5) is 37.3. The molecule has 2 amide bonds. The van der Waals surface area contributed by atoms with E-state index in [1.54, 1.807) is 23.5 Å². The largest absolute Gasteiger partial charge is 0.471 e. The van der Waals surface area contributed by atoms with Gasteiger partial charge in [0.1, 0.15) is 12.1 Å². The van der Waals surface area contributed by atoms with E-state index < -0.39 is 36.0 Å². The minimum Gasteiger partial charge on any atom is -0.467 e. The zero-order valence-electron chi connectivity index (χ0n) is 13.2. The first kappa shape index (κ1) is 17.2. The van der Waals surface area contributed by atoms with Crippen molar-refractivity contribution in [2.24, 2.45) is 0 Å². The van der Waals surface area contributed by atoms with Crippen molar-refractivity contribution in [2.75, 3.05) is 12.0 Å². The Labute approximate surface area is 140 Å². The van der Waals surface area contributed by atoms with Crippen LogP contribution in [-0.4, -0.2) is 43.2 Å². The third kappa shape index (κ3) is 2.94. The van der Waals surface area contributed by atoms with Crippen molar-refractivity contribution >= 4 is 23.5 Å². The molecule has 0 saturated carbocycles. The maximum atomic E-state index is 12.8. The van der Waals surface area contributed by atoms with Crippen molar-refractivity contribution in [1.29, 1.82) is 0 Å². The van der Waals surface area contributed by atoms with Gasteiger partial charge in [-0.05, 0) is 24.0 Å². The molecule has 0 saturated heterocycles. The van der Waals surface area contributed by atoms with Crippen LogP contribution in [-0.2, 0) is 32.0 Å². The lowest BCUT2D eigenvalue weighted by atomic mass is 10.0. The van der Waals surface area contributed by atoms with Gasteiger partial charge >= 0.3 is 18.1 Å². The molecule has 2 aliphatic heterocycles. The van der Waals surface area contributed by atoms with Crippen molar-refractivity contribution in [3.05, 3.63) is 29.3 Å². The van der Waals surface area contributed by atoms with E-state index in [4.69, 9.17) is 4.74 Å². The molecule has 1 aromatic rings. The van der Waals surface area contributed by atoms with E-state index in [9.17, 15) is 27.6 Å². The molecular weight excluding hydrogens is 341 g/mol. The molecule has 2 aliphatic rings. The van der Waals surface area contributed by atoms with E-state index in [2.05, 4.69) is 0 Å². The predicted molar refractivity (Wildman–Crippen MR) is 79.7 cm³/mol. The second-order valence-corrected chi connectivity index (χ2v) is 5.94. The highest BCUT2D eigenvalue weighted by Crippen LogP contribution is 2.39. The minimum atomic E-state index is -5.09. The highest BCUT2D eigenvalue weighted by Gasteiger charge is 2.46. The Balaban J connectivity index is 1.97. The molecule has 0 spiro atoms. The van der Waals surface area contributed by atoms with Crippen LogP contribution < -0.4 is 10.2 Å². The maximum absolute atomic E-state index is 12.8. The number of benzene rings is 1. The van der Waals surface area contributed by atoms with Crippen LogP contribution in [0.1, 0.15) is 17.5 Å². The van der Waals surface area contributed by atoms with E-state index >= 15 is 0 Å². The average Bonchev–Trinajstić information content (AvgIpc) is 2.89. The number of nitrogens with zero attached hydrogens (tertiary/aromatic N) is 1. The number of amides is 2. The molecule has 0 fully saturated rings. The van der Waals surface area contributed by atoms with Gasteiger partial charge in [0.25, 0.3) is 0 Å². The minimum absolute atomic E-state index is 0.0154. The number of carbonyl (C=O) groups excluding carboxylic acids is 3. The van der Waals surface area contributed by atoms with Crippen LogP contribution in [0.15, 0.2) is 18.2 Å². The lowest BCUT2D eigenvalue weighted by Crippen LogP contribution is -2.54. The summed E-state index contributed by atoms with van der Waals surface area (Å²) in [5.74, 6) is -3.57. The Morgan fingerprint density at radius 3 is 2.60 bits per heavy atom. The highest BCUT2D eigenvalue weighted by atomic mass is 19.4. The van der Waals surface area contributed by atoms with Crippen LogP contribution in [0.5, 0.6) is 0 Å². The quantitative estimate of drug-likeness (QED) is 0.806. The standard InChI is InChI=1S/C16H15F3N2O4/c1-25-14(23)11-7-9-4-2-3-8-5-6-10(13(22)21(11)12(8)9)20-15(24)16(17,18)19/h2-4,10-11H,5-7H2,1H3,(H,20,24). The molecule has 1 aromatic carbocycles. The number of alkyl halides is 3. The molecule has 9 heteroatoms. The second-order valence-electron chi connectivity index (χ2n) is 5.94. The molecule has 0 aromatic heterocycles. The van der Waals surface area contributed by atoms with Crippen LogP contribution in [0.3, 0.4) is 0 Å². The Morgan fingerprint density at radius 1 is 1.28 bits per heavy atom. The van der Waals surface area contributed by atoms with Crippen molar-refractivity contribution in [2.45, 2.75) is 37.5 Å². The Kier molecular flexibility index (Phi) is 4.18. The molecular formula is C16H15F3N2O4. The van der Waals surface area contributed by atoms with Crippen molar-refractivity contribution in [3.63, 3.8) is 0 Å². The number of anilines is 1. The molecule has 134 valence electrons. The molecule has 0 aliphatic carbocycles. The van der Waals surface area contributed by atoms with Crippen LogP contribution in [0.2, 0.25) is 0 Å². The fraction of sp³-hybridized carbons (Fsp3) is 0.438. The van der Waals surface area contributed by atoms with Crippen LogP contribution >= 0.6 is 0 Å². The van der Waals surface area contributed by atoms with Gasteiger partial charge < -0.3 is 10.1 Å². The number of hydrogen-bond acceptors (Lipinski definition) is 4. The number of methoxy groups -OCH3 is 1. The topological polar surface area (TPSA) is 75.7 Å². The van der Waals surface area contributed by atoms with Gasteiger partial charge in [-0.3, -0.25) is 14.5 Å². The van der Waals surface area contributed by atoms with Crippen molar-refractivity contribution in [3.8, 4) is 0 Å². The molecule has 2 heterocycles. The van der Waals surface area contributed by atoms with Gasteiger partial charge in [-0.2, -0.15) is 13.2 Å². The number of nitrogens with one attached hydrogen (secondary N) is 1. The van der Waals surface area contributed by atoms with Gasteiger partial charge in [0, 0.05) is 6.42 Å². The third-order valence-electron chi connectivity index (χ3n) is 4.44. The first-order valence-electron chi connectivity index (χ1n) is 7.63. The summed E-state index contributed by atoms with van der Waals surface area (Å²) in [5, 5.41) is 1.74. The van der Waals surface area contributed by atoms with Gasteiger partial charge in [-0.25, -0.2) is 4.79 Å². The van der Waals surface area contributed by atoms with Gasteiger partial charge in [0.2, 0.25) is 5.91 Å². The van der Waals surface area contributed by atoms with E-state index in [0.29, 0.717) is 12.1 Å². The molecule has 6 nitrogen and oxygen atoms in total. The third-order valence-corrected chi connectivity index (χ3v) is 4.44. The average molecular weight is 356 g/mol. The Bertz CT molecular complexity index is 747. The van der Waals surface area contributed by atoms with Gasteiger partial charge in [0.15, 0.2) is 0 Å². The van der Waals surface area contributed by atoms with Gasteiger partial charge in [0.05, 0.1) is 12.8 Å². The van der Waals surface area contributed by atoms with E-state index in [0.717, 1.165) is 11.1 Å². The summed E-state index contributed by atoms with van der Waals surface area (Å²) in [6.45, 7) is 0. The lowest BCUT2D eigenvalue weighted by molar-refractivity contribution is -0.174. The number of esters is 1. The zero-order chi connectivity index (χ0) is 18.4. The number of hydrogen-bond donors (Lipinski definition) is 1. The number of rotatable bonds is 2. The lowest BCUT2D eigenvalue weighted by Gasteiger charge is -2.27. The Hall–Kier alpha value is -2.58. The summed E-state index contributed by atoms with van der Waals surface area (Å²) >= 11 is 0. The molecule has 0 radical (unpaired) electrons. The van der Waals surface area contributed by atoms with Gasteiger partial charge in [-0.1, -0.05) is 18.2 Å². The monoisotopic (exact) mass is 356 g/mol. The van der Waals surface area contributed by atoms with Crippen molar-refractivity contribution in [1.82, 2.24) is 5.32 Å². The number of carbonyl (C=O) groups is 3. The SMILES string of the molecule is COC(=O)C1Cc2cccc3c2N1C(=O)C(NC(=O)C(F)(F)F)CC3. The Morgan fingerprint density at radius 2 is 1.96 bits per heavy atom. The number of ether oxygens (including phenoxy) is 1. The van der Waals surface area contributed by atoms with E-state index in [1.165, 1.54) is 12.0 Å². The first-order valence-corrected chi connectivity index (χ1v) is 7.63. The molecule has 0 bridgehead atoms. The summed E-state index contributed by atoms with van der Waals surface area (Å²) in [5.41, 5.74) is 2.04. The first-order chi connectivity index (χ1) is 11.7. The number of halogens is 3. The maximum Gasteiger partial charge on any atom is 0.471 e. The molecule has 25 heavy (non-hydrogen) atoms. The molecule has 3 rings (SSSR count). The molecule has 1 N–H and O–H groups in total. The van der Waals surface area contributed by atoms with Gasteiger partial charge in [-0.15, -0.1) is 0 Å². The van der Waals surface area contributed by atoms with Crippen molar-refractivity contribution < 1.29 is 32.3 Å². The highest BCUT2D eigenvalue weighted by molar-refractivity contribution is 6.07. The number of para-hydroxylation sites is 1. The summed E-state index contributed by atoms with van der Waals surface area (Å²) < 4.78 is 42.3. The summed E-state index contributed by atoms with van der Waals surface area (Å²) in [6.07, 6.45) is -4.54. The van der Waals surface area contributed by atoms with Crippen LogP contribution in [0.25, 0.3) is 0 Å². The van der Waals surface area contributed by atoms with Crippen LogP contribution in [0, 0.1) is 0 Å². The molecule has 2 atom stereocenters. The fourth-order valence-corrected chi connectivity index (χ4v) is 3.33. The predicted octanol–water partition coefficient (Wildman–Crippen LogP) is 1.11. The normalized spacial score (nSPS) is 22.2. The van der Waals surface area contributed by atoms with E-state index in [-0.39, 0.29) is 12.8 Å². The fourth-order valence-electron chi connectivity index (χ4n) is 3.33. The second kappa shape index (κ2) is 6.05.